The van der Waals surface area contributed by atoms with Gasteiger partial charge in [0.2, 0.25) is 0 Å². The van der Waals surface area contributed by atoms with Crippen molar-refractivity contribution in [2.45, 2.75) is 83.7 Å². The summed E-state index contributed by atoms with van der Waals surface area (Å²) in [4.78, 5) is 4.66. The maximum Gasteiger partial charge on any atom is 0.166 e. The quantitative estimate of drug-likeness (QED) is 0.567. The standard InChI is InChI=1S/C28H41NO3/c1-26-14-5-4-8-20(26)10-11-21-22(26)12-15-27(2)23(21)13-16-28(27,31)18-29-17-19-7-6-9-24(32-3)25(19)30/h6-7,9,17,20-23,30-31H,4-5,8,10-16,18H2,1-3H3/t20-,21+,22+,23-,26+,27+,28+/m1/s1. The zero-order chi connectivity index (χ0) is 22.6. The second-order valence-corrected chi connectivity index (χ2v) is 11.8. The summed E-state index contributed by atoms with van der Waals surface area (Å²) in [5.74, 6) is 3.73. The first-order chi connectivity index (χ1) is 15.3. The third kappa shape index (κ3) is 3.23. The molecule has 2 N–H and O–H groups in total. The molecule has 0 amide bonds. The van der Waals surface area contributed by atoms with Crippen molar-refractivity contribution in [1.82, 2.24) is 0 Å². The molecule has 7 atom stereocenters. The van der Waals surface area contributed by atoms with Crippen LogP contribution in [0, 0.1) is 34.5 Å². The van der Waals surface area contributed by atoms with Crippen LogP contribution < -0.4 is 4.74 Å². The lowest BCUT2D eigenvalue weighted by Crippen LogP contribution is -2.56. The van der Waals surface area contributed by atoms with E-state index in [0.29, 0.717) is 29.2 Å². The first-order valence-electron chi connectivity index (χ1n) is 12.9. The molecule has 0 aliphatic heterocycles. The molecule has 0 aromatic heterocycles. The summed E-state index contributed by atoms with van der Waals surface area (Å²) in [5.41, 5.74) is 0.364. The molecule has 4 aliphatic rings. The molecular weight excluding hydrogens is 398 g/mol. The van der Waals surface area contributed by atoms with Crippen molar-refractivity contribution in [2.75, 3.05) is 13.7 Å². The van der Waals surface area contributed by atoms with Gasteiger partial charge in [-0.1, -0.05) is 32.8 Å². The molecule has 4 nitrogen and oxygen atoms in total. The number of methoxy groups -OCH3 is 1. The molecular formula is C28H41NO3. The number of hydrogen-bond donors (Lipinski definition) is 2. The number of aromatic hydroxyl groups is 1. The molecule has 1 aromatic rings. The van der Waals surface area contributed by atoms with E-state index in [1.165, 1.54) is 44.9 Å². The van der Waals surface area contributed by atoms with Gasteiger partial charge in [0.15, 0.2) is 11.5 Å². The minimum absolute atomic E-state index is 0.0558. The van der Waals surface area contributed by atoms with Crippen LogP contribution in [0.2, 0.25) is 0 Å². The lowest BCUT2D eigenvalue weighted by molar-refractivity contribution is -0.147. The van der Waals surface area contributed by atoms with Crippen LogP contribution in [0.1, 0.15) is 83.6 Å². The Kier molecular flexibility index (Phi) is 5.59. The Hall–Kier alpha value is -1.55. The molecule has 0 bridgehead atoms. The van der Waals surface area contributed by atoms with Gasteiger partial charge in [-0.3, -0.25) is 4.99 Å². The van der Waals surface area contributed by atoms with Crippen LogP contribution >= 0.6 is 0 Å². The van der Waals surface area contributed by atoms with Gasteiger partial charge in [0.05, 0.1) is 19.3 Å². The third-order valence-electron chi connectivity index (χ3n) is 10.7. The van der Waals surface area contributed by atoms with Crippen molar-refractivity contribution in [2.24, 2.45) is 39.5 Å². The maximum absolute atomic E-state index is 11.9. The van der Waals surface area contributed by atoms with E-state index < -0.39 is 5.60 Å². The number of nitrogens with zero attached hydrogens (tertiary/aromatic N) is 1. The normalized spacial score (nSPS) is 43.5. The van der Waals surface area contributed by atoms with Gasteiger partial charge < -0.3 is 14.9 Å². The number of phenols is 1. The van der Waals surface area contributed by atoms with Crippen molar-refractivity contribution >= 4 is 6.21 Å². The van der Waals surface area contributed by atoms with Crippen LogP contribution in [-0.4, -0.2) is 35.7 Å². The Balaban J connectivity index is 1.34. The Labute approximate surface area is 193 Å². The molecule has 0 unspecified atom stereocenters. The first-order valence-corrected chi connectivity index (χ1v) is 12.9. The van der Waals surface area contributed by atoms with E-state index in [2.05, 4.69) is 18.8 Å². The molecule has 1 aromatic carbocycles. The smallest absolute Gasteiger partial charge is 0.166 e. The molecule has 32 heavy (non-hydrogen) atoms. The summed E-state index contributed by atoms with van der Waals surface area (Å²) in [6, 6.07) is 5.42. The molecule has 0 radical (unpaired) electrons. The van der Waals surface area contributed by atoms with Crippen molar-refractivity contribution in [3.05, 3.63) is 23.8 Å². The zero-order valence-electron chi connectivity index (χ0n) is 20.1. The number of aliphatic hydroxyl groups is 1. The number of para-hydroxylation sites is 1. The highest BCUT2D eigenvalue weighted by molar-refractivity contribution is 5.84. The van der Waals surface area contributed by atoms with Crippen LogP contribution in [0.4, 0.5) is 0 Å². The van der Waals surface area contributed by atoms with Gasteiger partial charge in [-0.05, 0) is 92.6 Å². The average Bonchev–Trinajstić information content (AvgIpc) is 3.05. The summed E-state index contributed by atoms with van der Waals surface area (Å²) < 4.78 is 5.21. The highest BCUT2D eigenvalue weighted by Crippen LogP contribution is 2.68. The monoisotopic (exact) mass is 439 g/mol. The number of fused-ring (bicyclic) bond motifs is 5. The molecule has 5 rings (SSSR count). The largest absolute Gasteiger partial charge is 0.504 e. The molecule has 0 spiro atoms. The van der Waals surface area contributed by atoms with Crippen LogP contribution in [0.5, 0.6) is 11.5 Å². The van der Waals surface area contributed by atoms with E-state index in [1.54, 1.807) is 19.4 Å². The van der Waals surface area contributed by atoms with Crippen LogP contribution in [-0.2, 0) is 0 Å². The maximum atomic E-state index is 11.9. The lowest BCUT2D eigenvalue weighted by atomic mass is 9.44. The fourth-order valence-corrected chi connectivity index (χ4v) is 8.77. The number of phenolic OH excluding ortho intramolecular Hbond substituents is 1. The number of rotatable bonds is 4. The molecule has 4 saturated carbocycles. The van der Waals surface area contributed by atoms with E-state index >= 15 is 0 Å². The van der Waals surface area contributed by atoms with Crippen molar-refractivity contribution in [1.29, 1.82) is 0 Å². The summed E-state index contributed by atoms with van der Waals surface area (Å²) in [7, 11) is 1.55. The number of aliphatic imine (C=N–C) groups is 1. The van der Waals surface area contributed by atoms with E-state index in [9.17, 15) is 10.2 Å². The van der Waals surface area contributed by atoms with Gasteiger partial charge in [-0.15, -0.1) is 0 Å². The van der Waals surface area contributed by atoms with Gasteiger partial charge in [-0.2, -0.15) is 0 Å². The fourth-order valence-electron chi connectivity index (χ4n) is 8.77. The molecule has 176 valence electrons. The zero-order valence-corrected chi connectivity index (χ0v) is 20.1. The number of hydrogen-bond acceptors (Lipinski definition) is 4. The van der Waals surface area contributed by atoms with Gasteiger partial charge in [0, 0.05) is 17.2 Å². The molecule has 4 aliphatic carbocycles. The topological polar surface area (TPSA) is 62.0 Å². The Morgan fingerprint density at radius 2 is 1.84 bits per heavy atom. The molecule has 4 fully saturated rings. The summed E-state index contributed by atoms with van der Waals surface area (Å²) in [6.45, 7) is 5.38. The van der Waals surface area contributed by atoms with Crippen LogP contribution in [0.15, 0.2) is 23.2 Å². The minimum Gasteiger partial charge on any atom is -0.504 e. The van der Waals surface area contributed by atoms with E-state index in [4.69, 9.17) is 4.74 Å². The first kappa shape index (κ1) is 22.3. The predicted molar refractivity (Wildman–Crippen MR) is 128 cm³/mol. The molecule has 4 heteroatoms. The van der Waals surface area contributed by atoms with Gasteiger partial charge in [0.1, 0.15) is 0 Å². The van der Waals surface area contributed by atoms with Crippen LogP contribution in [0.3, 0.4) is 0 Å². The SMILES string of the molecule is COc1cccc(C=NC[C@@]2(O)CC[C@@H]3[C@H]4CC[C@H]5CCCC[C@]5(C)[C@H]4CC[C@@]32C)c1O. The predicted octanol–water partition coefficient (Wildman–Crippen LogP) is 5.98. The van der Waals surface area contributed by atoms with Crippen molar-refractivity contribution in [3.8, 4) is 11.5 Å². The second kappa shape index (κ2) is 8.04. The van der Waals surface area contributed by atoms with Crippen molar-refractivity contribution < 1.29 is 14.9 Å². The highest BCUT2D eigenvalue weighted by atomic mass is 16.5. The van der Waals surface area contributed by atoms with E-state index in [-0.39, 0.29) is 11.2 Å². The van der Waals surface area contributed by atoms with E-state index in [1.807, 2.05) is 12.1 Å². The Morgan fingerprint density at radius 1 is 1.03 bits per heavy atom. The third-order valence-corrected chi connectivity index (χ3v) is 10.7. The summed E-state index contributed by atoms with van der Waals surface area (Å²) in [5, 5.41) is 22.2. The second-order valence-electron chi connectivity index (χ2n) is 11.8. The minimum atomic E-state index is -0.752. The fraction of sp³-hybridized carbons (Fsp3) is 0.750. The van der Waals surface area contributed by atoms with Gasteiger partial charge in [0.25, 0.3) is 0 Å². The summed E-state index contributed by atoms with van der Waals surface area (Å²) >= 11 is 0. The van der Waals surface area contributed by atoms with E-state index in [0.717, 1.165) is 37.0 Å². The van der Waals surface area contributed by atoms with Gasteiger partial charge >= 0.3 is 0 Å². The molecule has 0 heterocycles. The molecule has 0 saturated heterocycles. The van der Waals surface area contributed by atoms with Crippen LogP contribution in [0.25, 0.3) is 0 Å². The summed E-state index contributed by atoms with van der Waals surface area (Å²) in [6.07, 6.45) is 14.5. The average molecular weight is 440 g/mol. The number of ether oxygens (including phenoxy) is 1. The highest BCUT2D eigenvalue weighted by Gasteiger charge is 2.64. The van der Waals surface area contributed by atoms with Gasteiger partial charge in [-0.25, -0.2) is 0 Å². The Morgan fingerprint density at radius 3 is 2.66 bits per heavy atom. The Bertz CT molecular complexity index is 883. The number of benzene rings is 1. The van der Waals surface area contributed by atoms with Crippen molar-refractivity contribution in [3.63, 3.8) is 0 Å². The lowest BCUT2D eigenvalue weighted by Gasteiger charge is -2.61.